The lowest BCUT2D eigenvalue weighted by atomic mass is 10.4. The Morgan fingerprint density at radius 2 is 2.20 bits per heavy atom. The van der Waals surface area contributed by atoms with Crippen LogP contribution in [0.5, 0.6) is 0 Å². The molecule has 0 saturated heterocycles. The molecule has 0 radical (unpaired) electrons. The minimum Gasteiger partial charge on any atom is -0.409 e. The van der Waals surface area contributed by atoms with Gasteiger partial charge >= 0.3 is 0 Å². The smallest absolute Gasteiger partial charge is 0.214 e. The zero-order valence-electron chi connectivity index (χ0n) is 8.76. The third kappa shape index (κ3) is 3.35. The highest BCUT2D eigenvalue weighted by Gasteiger charge is 2.35. The number of nitrogens with zero attached hydrogens (tertiary/aromatic N) is 2. The van der Waals surface area contributed by atoms with Crippen molar-refractivity contribution < 1.29 is 13.6 Å². The molecule has 7 heteroatoms. The second-order valence-corrected chi connectivity index (χ2v) is 5.79. The van der Waals surface area contributed by atoms with Gasteiger partial charge in [0.1, 0.15) is 5.84 Å². The fourth-order valence-electron chi connectivity index (χ4n) is 1.35. The molecule has 0 bridgehead atoms. The van der Waals surface area contributed by atoms with E-state index >= 15 is 0 Å². The number of oxime groups is 1. The second-order valence-electron chi connectivity index (χ2n) is 3.58. The average molecular weight is 235 g/mol. The topological polar surface area (TPSA) is 96.0 Å². The van der Waals surface area contributed by atoms with E-state index in [4.69, 9.17) is 10.9 Å². The van der Waals surface area contributed by atoms with Crippen LogP contribution in [0, 0.1) is 0 Å². The molecule has 0 heterocycles. The van der Waals surface area contributed by atoms with Crippen molar-refractivity contribution in [3.05, 3.63) is 0 Å². The van der Waals surface area contributed by atoms with E-state index in [0.29, 0.717) is 6.54 Å². The first kappa shape index (κ1) is 12.3. The maximum absolute atomic E-state index is 11.7. The molecule has 3 N–H and O–H groups in total. The zero-order chi connectivity index (χ0) is 11.5. The van der Waals surface area contributed by atoms with Crippen LogP contribution in [0.25, 0.3) is 0 Å². The van der Waals surface area contributed by atoms with Gasteiger partial charge in [0.15, 0.2) is 0 Å². The van der Waals surface area contributed by atoms with Gasteiger partial charge in [0.05, 0.1) is 5.75 Å². The van der Waals surface area contributed by atoms with Crippen molar-refractivity contribution in [3.63, 3.8) is 0 Å². The molecule has 0 unspecified atom stereocenters. The molecule has 0 spiro atoms. The zero-order valence-corrected chi connectivity index (χ0v) is 9.57. The highest BCUT2D eigenvalue weighted by molar-refractivity contribution is 7.89. The van der Waals surface area contributed by atoms with E-state index in [9.17, 15) is 8.42 Å². The van der Waals surface area contributed by atoms with Crippen LogP contribution >= 0.6 is 0 Å². The Labute approximate surface area is 89.8 Å². The molecule has 6 nitrogen and oxygen atoms in total. The molecule has 0 aliphatic heterocycles. The molecule has 0 amide bonds. The van der Waals surface area contributed by atoms with E-state index in [1.807, 2.05) is 0 Å². The summed E-state index contributed by atoms with van der Waals surface area (Å²) in [6, 6.07) is 0.126. The standard InChI is InChI=1S/C8H17N3O3S/c1-2-15(13,14)11(7-3-4-7)6-5-8(9)10-12/h7,12H,2-6H2,1H3,(H2,9,10). The number of rotatable bonds is 6. The van der Waals surface area contributed by atoms with Gasteiger partial charge in [-0.15, -0.1) is 0 Å². The van der Waals surface area contributed by atoms with Crippen LogP contribution in [0.3, 0.4) is 0 Å². The summed E-state index contributed by atoms with van der Waals surface area (Å²) < 4.78 is 24.8. The molecule has 88 valence electrons. The normalized spacial score (nSPS) is 18.4. The summed E-state index contributed by atoms with van der Waals surface area (Å²) >= 11 is 0. The van der Waals surface area contributed by atoms with Crippen LogP contribution in [-0.2, 0) is 10.0 Å². The average Bonchev–Trinajstić information content (AvgIpc) is 3.01. The number of amidine groups is 1. The number of nitrogens with two attached hydrogens (primary N) is 1. The van der Waals surface area contributed by atoms with Crippen molar-refractivity contribution in [2.24, 2.45) is 10.9 Å². The van der Waals surface area contributed by atoms with E-state index < -0.39 is 10.0 Å². The number of sulfonamides is 1. The van der Waals surface area contributed by atoms with Crippen LogP contribution in [0.1, 0.15) is 26.2 Å². The van der Waals surface area contributed by atoms with Crippen molar-refractivity contribution in [2.45, 2.75) is 32.2 Å². The van der Waals surface area contributed by atoms with Crippen molar-refractivity contribution in [1.82, 2.24) is 4.31 Å². The Balaban J connectivity index is 2.60. The first-order valence-electron chi connectivity index (χ1n) is 4.97. The monoisotopic (exact) mass is 235 g/mol. The van der Waals surface area contributed by atoms with Crippen LogP contribution in [-0.4, -0.2) is 42.1 Å². The van der Waals surface area contributed by atoms with Crippen LogP contribution in [0.15, 0.2) is 5.16 Å². The molecular formula is C8H17N3O3S. The lowest BCUT2D eigenvalue weighted by Gasteiger charge is -2.20. The third-order valence-electron chi connectivity index (χ3n) is 2.39. The fourth-order valence-corrected chi connectivity index (χ4v) is 2.72. The van der Waals surface area contributed by atoms with Crippen LogP contribution in [0.2, 0.25) is 0 Å². The Morgan fingerprint density at radius 1 is 1.60 bits per heavy atom. The van der Waals surface area contributed by atoms with Crippen LogP contribution in [0.4, 0.5) is 0 Å². The summed E-state index contributed by atoms with van der Waals surface area (Å²) in [7, 11) is -3.16. The molecule has 1 fully saturated rings. The highest BCUT2D eigenvalue weighted by atomic mass is 32.2. The first-order valence-corrected chi connectivity index (χ1v) is 6.58. The van der Waals surface area contributed by atoms with Gasteiger partial charge in [-0.25, -0.2) is 8.42 Å². The molecule has 1 rings (SSSR count). The molecule has 0 atom stereocenters. The largest absolute Gasteiger partial charge is 0.409 e. The van der Waals surface area contributed by atoms with Gasteiger partial charge in [-0.2, -0.15) is 4.31 Å². The SMILES string of the molecule is CCS(=O)(=O)N(CCC(N)=NO)C1CC1. The van der Waals surface area contributed by atoms with E-state index in [1.165, 1.54) is 4.31 Å². The van der Waals surface area contributed by atoms with E-state index in [0.717, 1.165) is 12.8 Å². The minimum absolute atomic E-state index is 0.0620. The summed E-state index contributed by atoms with van der Waals surface area (Å²) in [5, 5.41) is 11.2. The summed E-state index contributed by atoms with van der Waals surface area (Å²) in [6.45, 7) is 1.92. The first-order chi connectivity index (χ1) is 7.01. The molecule has 1 saturated carbocycles. The van der Waals surface area contributed by atoms with Crippen molar-refractivity contribution >= 4 is 15.9 Å². The predicted molar refractivity (Wildman–Crippen MR) is 57.2 cm³/mol. The quantitative estimate of drug-likeness (QED) is 0.292. The molecule has 1 aliphatic carbocycles. The molecule has 1 aliphatic rings. The maximum Gasteiger partial charge on any atom is 0.214 e. The van der Waals surface area contributed by atoms with Gasteiger partial charge in [-0.1, -0.05) is 5.16 Å². The predicted octanol–water partition coefficient (Wildman–Crippen LogP) is -0.0630. The van der Waals surface area contributed by atoms with Gasteiger partial charge in [-0.05, 0) is 19.8 Å². The Hall–Kier alpha value is -0.820. The number of hydrogen-bond acceptors (Lipinski definition) is 4. The Kier molecular flexibility index (Phi) is 3.92. The summed E-state index contributed by atoms with van der Waals surface area (Å²) in [6.07, 6.45) is 2.09. The lowest BCUT2D eigenvalue weighted by molar-refractivity contribution is 0.315. The fraction of sp³-hybridized carbons (Fsp3) is 0.875. The molecule has 15 heavy (non-hydrogen) atoms. The minimum atomic E-state index is -3.16. The molecule has 0 aromatic carbocycles. The maximum atomic E-state index is 11.7. The van der Waals surface area contributed by atoms with E-state index in [1.54, 1.807) is 6.92 Å². The van der Waals surface area contributed by atoms with Crippen molar-refractivity contribution in [2.75, 3.05) is 12.3 Å². The van der Waals surface area contributed by atoms with Crippen molar-refractivity contribution in [1.29, 1.82) is 0 Å². The lowest BCUT2D eigenvalue weighted by Crippen LogP contribution is -2.36. The van der Waals surface area contributed by atoms with Gasteiger partial charge in [-0.3, -0.25) is 0 Å². The van der Waals surface area contributed by atoms with Gasteiger partial charge < -0.3 is 10.9 Å². The second kappa shape index (κ2) is 4.80. The summed E-state index contributed by atoms with van der Waals surface area (Å²) in [4.78, 5) is 0. The van der Waals surface area contributed by atoms with Crippen molar-refractivity contribution in [3.8, 4) is 0 Å². The molecular weight excluding hydrogens is 218 g/mol. The van der Waals surface area contributed by atoms with Crippen LogP contribution < -0.4 is 5.73 Å². The molecule has 0 aromatic heterocycles. The summed E-state index contributed by atoms with van der Waals surface area (Å²) in [5.41, 5.74) is 5.31. The van der Waals surface area contributed by atoms with Gasteiger partial charge in [0.25, 0.3) is 0 Å². The van der Waals surface area contributed by atoms with Gasteiger partial charge in [0, 0.05) is 19.0 Å². The Bertz CT molecular complexity index is 335. The highest BCUT2D eigenvalue weighted by Crippen LogP contribution is 2.29. The summed E-state index contributed by atoms with van der Waals surface area (Å²) in [5.74, 6) is 0.159. The molecule has 0 aromatic rings. The van der Waals surface area contributed by atoms with Gasteiger partial charge in [0.2, 0.25) is 10.0 Å². The number of hydrogen-bond donors (Lipinski definition) is 2. The third-order valence-corrected chi connectivity index (χ3v) is 4.32. The van der Waals surface area contributed by atoms with E-state index in [2.05, 4.69) is 5.16 Å². The Morgan fingerprint density at radius 3 is 2.60 bits per heavy atom. The van der Waals surface area contributed by atoms with E-state index in [-0.39, 0.29) is 24.1 Å².